The predicted molar refractivity (Wildman–Crippen MR) is 74.4 cm³/mol. The van der Waals surface area contributed by atoms with Gasteiger partial charge < -0.3 is 9.73 Å². The molecule has 1 heterocycles. The molecule has 1 aromatic heterocycles. The number of nitrogens with one attached hydrogen (secondary N) is 1. The topological polar surface area (TPSA) is 25.2 Å². The van der Waals surface area contributed by atoms with E-state index in [0.717, 1.165) is 24.8 Å². The van der Waals surface area contributed by atoms with E-state index in [1.807, 2.05) is 19.1 Å². The van der Waals surface area contributed by atoms with Crippen LogP contribution >= 0.6 is 0 Å². The van der Waals surface area contributed by atoms with E-state index >= 15 is 0 Å². The van der Waals surface area contributed by atoms with Crippen molar-refractivity contribution in [3.8, 4) is 0 Å². The Labute approximate surface area is 117 Å². The SMILES string of the molecule is CCCNC(CCc1ccco1)c1cccc(F)c1F. The summed E-state index contributed by atoms with van der Waals surface area (Å²) in [4.78, 5) is 0. The summed E-state index contributed by atoms with van der Waals surface area (Å²) < 4.78 is 32.5. The van der Waals surface area contributed by atoms with Gasteiger partial charge in [0.15, 0.2) is 11.6 Å². The molecule has 2 aromatic rings. The van der Waals surface area contributed by atoms with Crippen LogP contribution in [0.2, 0.25) is 0 Å². The molecule has 1 unspecified atom stereocenters. The van der Waals surface area contributed by atoms with E-state index in [4.69, 9.17) is 4.42 Å². The van der Waals surface area contributed by atoms with Crippen LogP contribution < -0.4 is 5.32 Å². The number of rotatable bonds is 7. The van der Waals surface area contributed by atoms with Gasteiger partial charge in [0, 0.05) is 18.0 Å². The Morgan fingerprint density at radius 1 is 1.20 bits per heavy atom. The van der Waals surface area contributed by atoms with E-state index < -0.39 is 11.6 Å². The molecule has 2 nitrogen and oxygen atoms in total. The molecule has 0 aliphatic rings. The Kier molecular flexibility index (Phi) is 5.30. The lowest BCUT2D eigenvalue weighted by Gasteiger charge is -2.19. The predicted octanol–water partition coefficient (Wildman–Crippen LogP) is 4.23. The van der Waals surface area contributed by atoms with Crippen molar-refractivity contribution in [2.24, 2.45) is 0 Å². The van der Waals surface area contributed by atoms with Gasteiger partial charge in [-0.2, -0.15) is 0 Å². The third kappa shape index (κ3) is 3.67. The fraction of sp³-hybridized carbons (Fsp3) is 0.375. The first kappa shape index (κ1) is 14.7. The van der Waals surface area contributed by atoms with Crippen LogP contribution in [-0.4, -0.2) is 6.54 Å². The lowest BCUT2D eigenvalue weighted by Crippen LogP contribution is -2.24. The highest BCUT2D eigenvalue weighted by Gasteiger charge is 2.18. The summed E-state index contributed by atoms with van der Waals surface area (Å²) in [5.74, 6) is -0.713. The molecular weight excluding hydrogens is 260 g/mol. The average molecular weight is 279 g/mol. The summed E-state index contributed by atoms with van der Waals surface area (Å²) in [5, 5.41) is 3.27. The molecule has 1 aromatic carbocycles. The van der Waals surface area contributed by atoms with Crippen molar-refractivity contribution in [3.63, 3.8) is 0 Å². The largest absolute Gasteiger partial charge is 0.469 e. The molecule has 20 heavy (non-hydrogen) atoms. The van der Waals surface area contributed by atoms with Crippen molar-refractivity contribution in [2.75, 3.05) is 6.54 Å². The Morgan fingerprint density at radius 2 is 2.05 bits per heavy atom. The zero-order valence-corrected chi connectivity index (χ0v) is 11.5. The zero-order valence-electron chi connectivity index (χ0n) is 11.5. The minimum atomic E-state index is -0.802. The maximum absolute atomic E-state index is 13.9. The van der Waals surface area contributed by atoms with Gasteiger partial charge in [0.2, 0.25) is 0 Å². The van der Waals surface area contributed by atoms with Gasteiger partial charge in [-0.05, 0) is 37.6 Å². The fourth-order valence-electron chi connectivity index (χ4n) is 2.22. The van der Waals surface area contributed by atoms with Gasteiger partial charge in [0.1, 0.15) is 5.76 Å². The third-order valence-corrected chi connectivity index (χ3v) is 3.26. The van der Waals surface area contributed by atoms with Gasteiger partial charge in [-0.15, -0.1) is 0 Å². The van der Waals surface area contributed by atoms with Crippen molar-refractivity contribution >= 4 is 0 Å². The van der Waals surface area contributed by atoms with Crippen LogP contribution in [0.25, 0.3) is 0 Å². The van der Waals surface area contributed by atoms with Crippen LogP contribution in [0.5, 0.6) is 0 Å². The minimum Gasteiger partial charge on any atom is -0.469 e. The number of aryl methyl sites for hydroxylation is 1. The van der Waals surface area contributed by atoms with Crippen molar-refractivity contribution in [1.29, 1.82) is 0 Å². The van der Waals surface area contributed by atoms with Crippen molar-refractivity contribution in [1.82, 2.24) is 5.32 Å². The molecule has 0 spiro atoms. The second kappa shape index (κ2) is 7.20. The van der Waals surface area contributed by atoms with Gasteiger partial charge in [-0.1, -0.05) is 19.1 Å². The van der Waals surface area contributed by atoms with Crippen LogP contribution in [-0.2, 0) is 6.42 Å². The van der Waals surface area contributed by atoms with Gasteiger partial charge in [-0.3, -0.25) is 0 Å². The molecule has 0 aliphatic carbocycles. The maximum atomic E-state index is 13.9. The maximum Gasteiger partial charge on any atom is 0.163 e. The van der Waals surface area contributed by atoms with Crippen molar-refractivity contribution in [2.45, 2.75) is 32.2 Å². The zero-order chi connectivity index (χ0) is 14.4. The van der Waals surface area contributed by atoms with Gasteiger partial charge in [0.25, 0.3) is 0 Å². The van der Waals surface area contributed by atoms with Crippen LogP contribution in [0.3, 0.4) is 0 Å². The summed E-state index contributed by atoms with van der Waals surface area (Å²) in [5.41, 5.74) is 0.380. The first-order valence-corrected chi connectivity index (χ1v) is 6.92. The van der Waals surface area contributed by atoms with Gasteiger partial charge in [-0.25, -0.2) is 8.78 Å². The Bertz CT molecular complexity index is 525. The second-order valence-corrected chi connectivity index (χ2v) is 4.77. The number of halogens is 2. The van der Waals surface area contributed by atoms with Crippen molar-refractivity contribution in [3.05, 3.63) is 59.6 Å². The highest BCUT2D eigenvalue weighted by atomic mass is 19.2. The normalized spacial score (nSPS) is 12.6. The van der Waals surface area contributed by atoms with Gasteiger partial charge >= 0.3 is 0 Å². The smallest absolute Gasteiger partial charge is 0.163 e. The van der Waals surface area contributed by atoms with Crippen LogP contribution in [0.1, 0.15) is 37.1 Å². The molecule has 1 N–H and O–H groups in total. The molecule has 108 valence electrons. The molecule has 2 rings (SSSR count). The summed E-state index contributed by atoms with van der Waals surface area (Å²) in [6.07, 6.45) is 3.90. The third-order valence-electron chi connectivity index (χ3n) is 3.26. The lowest BCUT2D eigenvalue weighted by molar-refractivity contribution is 0.427. The highest BCUT2D eigenvalue weighted by molar-refractivity contribution is 5.22. The summed E-state index contributed by atoms with van der Waals surface area (Å²) >= 11 is 0. The standard InChI is InChI=1S/C16H19F2NO/c1-2-10-19-15(9-8-12-5-4-11-20-12)13-6-3-7-14(17)16(13)18/h3-7,11,15,19H,2,8-10H2,1H3. The van der Waals surface area contributed by atoms with E-state index in [-0.39, 0.29) is 6.04 Å². The lowest BCUT2D eigenvalue weighted by atomic mass is 10.00. The molecule has 0 aliphatic heterocycles. The van der Waals surface area contributed by atoms with E-state index in [1.54, 1.807) is 18.4 Å². The number of hydrogen-bond acceptors (Lipinski definition) is 2. The van der Waals surface area contributed by atoms with Crippen LogP contribution in [0.15, 0.2) is 41.0 Å². The molecule has 0 saturated carbocycles. The Morgan fingerprint density at radius 3 is 2.75 bits per heavy atom. The van der Waals surface area contributed by atoms with Crippen LogP contribution in [0, 0.1) is 11.6 Å². The van der Waals surface area contributed by atoms with E-state index in [2.05, 4.69) is 5.32 Å². The molecule has 0 bridgehead atoms. The number of hydrogen-bond donors (Lipinski definition) is 1. The number of furan rings is 1. The Balaban J connectivity index is 2.11. The molecule has 0 saturated heterocycles. The van der Waals surface area contributed by atoms with Crippen LogP contribution in [0.4, 0.5) is 8.78 Å². The van der Waals surface area contributed by atoms with Crippen molar-refractivity contribution < 1.29 is 13.2 Å². The number of benzene rings is 1. The molecule has 4 heteroatoms. The molecule has 0 radical (unpaired) electrons. The van der Waals surface area contributed by atoms with E-state index in [1.165, 1.54) is 0 Å². The molecule has 0 amide bonds. The molecule has 1 atom stereocenters. The summed E-state index contributed by atoms with van der Waals surface area (Å²) in [6.45, 7) is 2.80. The molecule has 0 fully saturated rings. The van der Waals surface area contributed by atoms with E-state index in [0.29, 0.717) is 18.4 Å². The summed E-state index contributed by atoms with van der Waals surface area (Å²) in [7, 11) is 0. The first-order valence-electron chi connectivity index (χ1n) is 6.92. The highest BCUT2D eigenvalue weighted by Crippen LogP contribution is 2.23. The van der Waals surface area contributed by atoms with Gasteiger partial charge in [0.05, 0.1) is 6.26 Å². The quantitative estimate of drug-likeness (QED) is 0.820. The van der Waals surface area contributed by atoms with E-state index in [9.17, 15) is 8.78 Å². The Hall–Kier alpha value is -1.68. The average Bonchev–Trinajstić information content (AvgIpc) is 2.96. The second-order valence-electron chi connectivity index (χ2n) is 4.77. The fourth-order valence-corrected chi connectivity index (χ4v) is 2.22. The molecular formula is C16H19F2NO. The summed E-state index contributed by atoms with van der Waals surface area (Å²) in [6, 6.07) is 7.82. The first-order chi connectivity index (χ1) is 9.72. The minimum absolute atomic E-state index is 0.212. The monoisotopic (exact) mass is 279 g/mol.